The number of nitrogens with zero attached hydrogens (tertiary/aromatic N) is 1. The van der Waals surface area contributed by atoms with Gasteiger partial charge in [0.05, 0.1) is 4.90 Å². The Labute approximate surface area is 79.7 Å². The first kappa shape index (κ1) is 8.72. The summed E-state index contributed by atoms with van der Waals surface area (Å²) in [7, 11) is 0. The van der Waals surface area contributed by atoms with Gasteiger partial charge in [-0.15, -0.1) is 0 Å². The van der Waals surface area contributed by atoms with Crippen molar-refractivity contribution in [2.75, 3.05) is 18.0 Å². The van der Waals surface area contributed by atoms with Gasteiger partial charge >= 0.3 is 0 Å². The smallest absolute Gasteiger partial charge is 0.186 e. The van der Waals surface area contributed by atoms with E-state index in [0.717, 1.165) is 18.8 Å². The van der Waals surface area contributed by atoms with Crippen LogP contribution in [0.5, 0.6) is 0 Å². The summed E-state index contributed by atoms with van der Waals surface area (Å²) in [6, 6.07) is 7.18. The van der Waals surface area contributed by atoms with Crippen molar-refractivity contribution in [3.63, 3.8) is 0 Å². The van der Waals surface area contributed by atoms with E-state index in [0.29, 0.717) is 4.90 Å². The Kier molecular flexibility index (Phi) is 2.33. The van der Waals surface area contributed by atoms with Crippen molar-refractivity contribution >= 4 is 16.8 Å². The predicted octanol–water partition coefficient (Wildman–Crippen LogP) is 1.48. The molecule has 0 radical (unpaired) electrons. The largest absolute Gasteiger partial charge is 0.371 e. The molecule has 1 N–H and O–H groups in total. The molecule has 4 heteroatoms. The van der Waals surface area contributed by atoms with E-state index in [-0.39, 0.29) is 0 Å². The van der Waals surface area contributed by atoms with Gasteiger partial charge in [0.1, 0.15) is 0 Å². The quantitative estimate of drug-likeness (QED) is 0.730. The van der Waals surface area contributed by atoms with Crippen LogP contribution in [-0.2, 0) is 11.1 Å². The first-order chi connectivity index (χ1) is 6.27. The molecule has 1 aromatic rings. The zero-order valence-electron chi connectivity index (χ0n) is 7.14. The van der Waals surface area contributed by atoms with Crippen molar-refractivity contribution in [2.45, 2.75) is 11.3 Å². The lowest BCUT2D eigenvalue weighted by Gasteiger charge is -2.33. The maximum absolute atomic E-state index is 10.7. The molecule has 2 rings (SSSR count). The van der Waals surface area contributed by atoms with E-state index in [4.69, 9.17) is 4.55 Å². The highest BCUT2D eigenvalue weighted by atomic mass is 32.2. The summed E-state index contributed by atoms with van der Waals surface area (Å²) in [5, 5.41) is 0. The maximum atomic E-state index is 10.7. The van der Waals surface area contributed by atoms with Gasteiger partial charge in [-0.2, -0.15) is 0 Å². The average Bonchev–Trinajstić information content (AvgIpc) is 2.02. The standard InChI is InChI=1S/C9H11NO2S/c11-13(12)9-4-2-8(3-5-9)10-6-1-7-10/h2-5H,1,6-7H2,(H,11,12). The van der Waals surface area contributed by atoms with E-state index < -0.39 is 11.1 Å². The number of anilines is 1. The van der Waals surface area contributed by atoms with Crippen LogP contribution < -0.4 is 4.90 Å². The number of hydrogen-bond donors (Lipinski definition) is 1. The Morgan fingerprint density at radius 3 is 2.23 bits per heavy atom. The van der Waals surface area contributed by atoms with Gasteiger partial charge in [0, 0.05) is 18.8 Å². The summed E-state index contributed by atoms with van der Waals surface area (Å²) >= 11 is -1.85. The maximum Gasteiger partial charge on any atom is 0.186 e. The highest BCUT2D eigenvalue weighted by Crippen LogP contribution is 2.21. The van der Waals surface area contributed by atoms with Crippen LogP contribution in [0.2, 0.25) is 0 Å². The summed E-state index contributed by atoms with van der Waals surface area (Å²) in [6.45, 7) is 2.20. The normalized spacial score (nSPS) is 18.1. The fourth-order valence-electron chi connectivity index (χ4n) is 1.35. The van der Waals surface area contributed by atoms with Crippen LogP contribution in [0.3, 0.4) is 0 Å². The minimum Gasteiger partial charge on any atom is -0.371 e. The molecule has 1 atom stereocenters. The molecule has 0 spiro atoms. The lowest BCUT2D eigenvalue weighted by Crippen LogP contribution is -2.36. The summed E-state index contributed by atoms with van der Waals surface area (Å²) in [5.74, 6) is 0. The van der Waals surface area contributed by atoms with Crippen LogP contribution in [0.15, 0.2) is 29.2 Å². The van der Waals surface area contributed by atoms with Crippen LogP contribution in [0.4, 0.5) is 5.69 Å². The minimum atomic E-state index is -1.85. The monoisotopic (exact) mass is 197 g/mol. The first-order valence-electron chi connectivity index (χ1n) is 4.23. The van der Waals surface area contributed by atoms with Gasteiger partial charge in [0.2, 0.25) is 0 Å². The lowest BCUT2D eigenvalue weighted by atomic mass is 10.2. The molecule has 1 aliphatic rings. The molecule has 0 saturated carbocycles. The molecule has 0 aliphatic carbocycles. The van der Waals surface area contributed by atoms with E-state index in [9.17, 15) is 4.21 Å². The predicted molar refractivity (Wildman–Crippen MR) is 52.3 cm³/mol. The highest BCUT2D eigenvalue weighted by molar-refractivity contribution is 7.79. The van der Waals surface area contributed by atoms with Crippen LogP contribution >= 0.6 is 0 Å². The molecular weight excluding hydrogens is 186 g/mol. The van der Waals surface area contributed by atoms with E-state index in [1.807, 2.05) is 12.1 Å². The molecule has 1 aliphatic heterocycles. The molecule has 1 aromatic carbocycles. The first-order valence-corrected chi connectivity index (χ1v) is 5.34. The molecule has 0 amide bonds. The molecule has 1 fully saturated rings. The third kappa shape index (κ3) is 1.73. The Morgan fingerprint density at radius 2 is 1.85 bits per heavy atom. The van der Waals surface area contributed by atoms with Gasteiger partial charge in [-0.3, -0.25) is 0 Å². The minimum absolute atomic E-state index is 0.462. The zero-order chi connectivity index (χ0) is 9.26. The molecule has 3 nitrogen and oxygen atoms in total. The van der Waals surface area contributed by atoms with Crippen molar-refractivity contribution in [1.82, 2.24) is 0 Å². The molecular formula is C9H11NO2S. The van der Waals surface area contributed by atoms with E-state index in [1.165, 1.54) is 6.42 Å². The molecule has 1 unspecified atom stereocenters. The summed E-state index contributed by atoms with van der Waals surface area (Å²) in [4.78, 5) is 2.70. The lowest BCUT2D eigenvalue weighted by molar-refractivity contribution is 0.564. The second-order valence-corrected chi connectivity index (χ2v) is 4.05. The molecule has 1 heterocycles. The van der Waals surface area contributed by atoms with Crippen molar-refractivity contribution in [3.8, 4) is 0 Å². The highest BCUT2D eigenvalue weighted by Gasteiger charge is 2.13. The number of rotatable bonds is 2. The van der Waals surface area contributed by atoms with Crippen molar-refractivity contribution in [1.29, 1.82) is 0 Å². The van der Waals surface area contributed by atoms with E-state index in [2.05, 4.69) is 4.90 Å². The van der Waals surface area contributed by atoms with Crippen LogP contribution in [0.1, 0.15) is 6.42 Å². The average molecular weight is 197 g/mol. The van der Waals surface area contributed by atoms with Gasteiger partial charge in [-0.25, -0.2) is 4.21 Å². The fraction of sp³-hybridized carbons (Fsp3) is 0.333. The summed E-state index contributed by atoms with van der Waals surface area (Å²) < 4.78 is 19.4. The molecule has 1 saturated heterocycles. The second-order valence-electron chi connectivity index (χ2n) is 3.08. The Morgan fingerprint density at radius 1 is 1.23 bits per heavy atom. The van der Waals surface area contributed by atoms with Gasteiger partial charge in [0.25, 0.3) is 0 Å². The van der Waals surface area contributed by atoms with E-state index in [1.54, 1.807) is 12.1 Å². The van der Waals surface area contributed by atoms with Crippen molar-refractivity contribution in [3.05, 3.63) is 24.3 Å². The summed E-state index contributed by atoms with van der Waals surface area (Å²) in [5.41, 5.74) is 1.14. The molecule has 70 valence electrons. The Balaban J connectivity index is 2.17. The third-order valence-electron chi connectivity index (χ3n) is 2.26. The Hall–Kier alpha value is -0.870. The topological polar surface area (TPSA) is 40.5 Å². The Bertz CT molecular complexity index is 319. The van der Waals surface area contributed by atoms with Gasteiger partial charge in [-0.1, -0.05) is 0 Å². The number of hydrogen-bond acceptors (Lipinski definition) is 2. The summed E-state index contributed by atoms with van der Waals surface area (Å²) in [6.07, 6.45) is 1.24. The van der Waals surface area contributed by atoms with Gasteiger partial charge in [0.15, 0.2) is 11.1 Å². The van der Waals surface area contributed by atoms with Crippen LogP contribution in [0, 0.1) is 0 Å². The van der Waals surface area contributed by atoms with Crippen LogP contribution in [0.25, 0.3) is 0 Å². The van der Waals surface area contributed by atoms with Crippen molar-refractivity contribution in [2.24, 2.45) is 0 Å². The fourth-order valence-corrected chi connectivity index (χ4v) is 1.72. The van der Waals surface area contributed by atoms with Crippen molar-refractivity contribution < 1.29 is 8.76 Å². The third-order valence-corrected chi connectivity index (χ3v) is 2.93. The van der Waals surface area contributed by atoms with Gasteiger partial charge < -0.3 is 9.45 Å². The SMILES string of the molecule is O=S(O)c1ccc(N2CCC2)cc1. The second kappa shape index (κ2) is 3.47. The van der Waals surface area contributed by atoms with E-state index >= 15 is 0 Å². The van der Waals surface area contributed by atoms with Crippen LogP contribution in [-0.4, -0.2) is 21.9 Å². The zero-order valence-corrected chi connectivity index (χ0v) is 7.96. The number of benzene rings is 1. The molecule has 13 heavy (non-hydrogen) atoms. The van der Waals surface area contributed by atoms with Gasteiger partial charge in [-0.05, 0) is 30.7 Å². The molecule has 0 bridgehead atoms. The molecule has 0 aromatic heterocycles.